The van der Waals surface area contributed by atoms with Crippen molar-refractivity contribution in [1.82, 2.24) is 0 Å². The molecule has 0 amide bonds. The van der Waals surface area contributed by atoms with Gasteiger partial charge in [-0.05, 0) is 18.3 Å². The van der Waals surface area contributed by atoms with Crippen LogP contribution in [-0.4, -0.2) is 12.1 Å². The average molecular weight is 128 g/mol. The van der Waals surface area contributed by atoms with Crippen molar-refractivity contribution < 1.29 is 0 Å². The molecule has 4 N–H and O–H groups in total. The summed E-state index contributed by atoms with van der Waals surface area (Å²) in [5.41, 5.74) is 11.7. The Hall–Kier alpha value is -0.0800. The molecule has 1 saturated carbocycles. The topological polar surface area (TPSA) is 52.0 Å². The molecule has 0 unspecified atom stereocenters. The molecule has 1 aliphatic rings. The van der Waals surface area contributed by atoms with Gasteiger partial charge in [-0.25, -0.2) is 0 Å². The van der Waals surface area contributed by atoms with Gasteiger partial charge in [0.1, 0.15) is 0 Å². The third-order valence-corrected chi connectivity index (χ3v) is 2.93. The Labute approximate surface area is 56.6 Å². The Bertz CT molecular complexity index is 110. The highest BCUT2D eigenvalue weighted by atomic mass is 14.9. The zero-order chi connectivity index (χ0) is 7.12. The molecule has 2 nitrogen and oxygen atoms in total. The van der Waals surface area contributed by atoms with Crippen molar-refractivity contribution >= 4 is 0 Å². The number of rotatable bonds is 2. The molecule has 54 valence electrons. The lowest BCUT2D eigenvalue weighted by Gasteiger charge is -2.13. The van der Waals surface area contributed by atoms with Gasteiger partial charge in [0.05, 0.1) is 0 Å². The molecule has 0 spiro atoms. The van der Waals surface area contributed by atoms with Crippen molar-refractivity contribution in [3.8, 4) is 0 Å². The van der Waals surface area contributed by atoms with Gasteiger partial charge in [0.2, 0.25) is 0 Å². The Morgan fingerprint density at radius 2 is 2.11 bits per heavy atom. The summed E-state index contributed by atoms with van der Waals surface area (Å²) < 4.78 is 0. The van der Waals surface area contributed by atoms with Gasteiger partial charge >= 0.3 is 0 Å². The van der Waals surface area contributed by atoms with Gasteiger partial charge in [0.25, 0.3) is 0 Å². The molecule has 1 rings (SSSR count). The van der Waals surface area contributed by atoms with Crippen LogP contribution in [0.5, 0.6) is 0 Å². The summed E-state index contributed by atoms with van der Waals surface area (Å²) in [7, 11) is 0. The molecule has 2 heteroatoms. The standard InChI is InChI=1S/C7H16N2/c1-3-6(2)4-7(6,9)5-8/h3-5,8-9H2,1-2H3/t6-,7-/m1/s1. The van der Waals surface area contributed by atoms with E-state index in [-0.39, 0.29) is 5.54 Å². The predicted octanol–water partition coefficient (Wildman–Crippen LogP) is 0.463. The Kier molecular flexibility index (Phi) is 1.33. The highest BCUT2D eigenvalue weighted by molar-refractivity contribution is 5.17. The lowest BCUT2D eigenvalue weighted by atomic mass is 10.00. The van der Waals surface area contributed by atoms with Crippen LogP contribution in [-0.2, 0) is 0 Å². The smallest absolute Gasteiger partial charge is 0.0339 e. The quantitative estimate of drug-likeness (QED) is 0.567. The third kappa shape index (κ3) is 0.775. The summed E-state index contributed by atoms with van der Waals surface area (Å²) in [5, 5.41) is 0. The maximum absolute atomic E-state index is 5.91. The van der Waals surface area contributed by atoms with Crippen LogP contribution in [0.1, 0.15) is 26.7 Å². The zero-order valence-electron chi connectivity index (χ0n) is 6.28. The van der Waals surface area contributed by atoms with E-state index in [2.05, 4.69) is 13.8 Å². The van der Waals surface area contributed by atoms with Crippen LogP contribution < -0.4 is 11.5 Å². The Morgan fingerprint density at radius 3 is 2.22 bits per heavy atom. The van der Waals surface area contributed by atoms with Crippen LogP contribution in [0.15, 0.2) is 0 Å². The molecule has 1 aliphatic carbocycles. The molecule has 9 heavy (non-hydrogen) atoms. The van der Waals surface area contributed by atoms with Crippen LogP contribution in [0.25, 0.3) is 0 Å². The molecule has 0 aromatic rings. The molecular weight excluding hydrogens is 112 g/mol. The van der Waals surface area contributed by atoms with E-state index in [9.17, 15) is 0 Å². The molecule has 0 radical (unpaired) electrons. The monoisotopic (exact) mass is 128 g/mol. The normalized spacial score (nSPS) is 49.3. The second-order valence-corrected chi connectivity index (χ2v) is 3.45. The second kappa shape index (κ2) is 1.70. The van der Waals surface area contributed by atoms with Crippen molar-refractivity contribution in [1.29, 1.82) is 0 Å². The van der Waals surface area contributed by atoms with Gasteiger partial charge in [-0.15, -0.1) is 0 Å². The van der Waals surface area contributed by atoms with Crippen LogP contribution in [0, 0.1) is 5.41 Å². The number of hydrogen-bond acceptors (Lipinski definition) is 2. The molecule has 0 saturated heterocycles. The number of hydrogen-bond donors (Lipinski definition) is 2. The fourth-order valence-electron chi connectivity index (χ4n) is 1.45. The first-order valence-electron chi connectivity index (χ1n) is 3.57. The molecule has 0 heterocycles. The van der Waals surface area contributed by atoms with Crippen molar-refractivity contribution in [2.45, 2.75) is 32.2 Å². The zero-order valence-corrected chi connectivity index (χ0v) is 6.28. The molecule has 2 atom stereocenters. The summed E-state index contributed by atoms with van der Waals surface area (Å²) in [5.74, 6) is 0. The van der Waals surface area contributed by atoms with E-state index in [0.717, 1.165) is 12.8 Å². The van der Waals surface area contributed by atoms with Crippen molar-refractivity contribution in [3.63, 3.8) is 0 Å². The summed E-state index contributed by atoms with van der Waals surface area (Å²) in [6.07, 6.45) is 2.26. The minimum Gasteiger partial charge on any atom is -0.329 e. The van der Waals surface area contributed by atoms with E-state index in [1.54, 1.807) is 0 Å². The minimum atomic E-state index is -0.0260. The first-order valence-corrected chi connectivity index (χ1v) is 3.57. The summed E-state index contributed by atoms with van der Waals surface area (Å²) in [6, 6.07) is 0. The van der Waals surface area contributed by atoms with Crippen molar-refractivity contribution in [2.75, 3.05) is 6.54 Å². The van der Waals surface area contributed by atoms with Gasteiger partial charge in [0, 0.05) is 12.1 Å². The molecule has 0 aliphatic heterocycles. The van der Waals surface area contributed by atoms with E-state index in [1.807, 2.05) is 0 Å². The van der Waals surface area contributed by atoms with Crippen molar-refractivity contribution in [3.05, 3.63) is 0 Å². The van der Waals surface area contributed by atoms with Crippen LogP contribution >= 0.6 is 0 Å². The van der Waals surface area contributed by atoms with Gasteiger partial charge in [-0.1, -0.05) is 13.8 Å². The lowest BCUT2D eigenvalue weighted by molar-refractivity contribution is 0.443. The highest BCUT2D eigenvalue weighted by Crippen LogP contribution is 2.55. The maximum Gasteiger partial charge on any atom is 0.0339 e. The predicted molar refractivity (Wildman–Crippen MR) is 39.0 cm³/mol. The van der Waals surface area contributed by atoms with Gasteiger partial charge in [-0.2, -0.15) is 0 Å². The first-order chi connectivity index (χ1) is 4.08. The van der Waals surface area contributed by atoms with Crippen LogP contribution in [0.4, 0.5) is 0 Å². The fourth-order valence-corrected chi connectivity index (χ4v) is 1.45. The van der Waals surface area contributed by atoms with Crippen LogP contribution in [0.3, 0.4) is 0 Å². The summed E-state index contributed by atoms with van der Waals surface area (Å²) >= 11 is 0. The van der Waals surface area contributed by atoms with E-state index < -0.39 is 0 Å². The van der Waals surface area contributed by atoms with E-state index in [0.29, 0.717) is 12.0 Å². The Morgan fingerprint density at radius 1 is 1.56 bits per heavy atom. The largest absolute Gasteiger partial charge is 0.329 e. The van der Waals surface area contributed by atoms with Gasteiger partial charge in [-0.3, -0.25) is 0 Å². The molecule has 0 aromatic heterocycles. The number of nitrogens with two attached hydrogens (primary N) is 2. The molecule has 0 bridgehead atoms. The van der Waals surface area contributed by atoms with E-state index >= 15 is 0 Å². The van der Waals surface area contributed by atoms with Crippen molar-refractivity contribution in [2.24, 2.45) is 16.9 Å². The maximum atomic E-state index is 5.91. The Balaban J connectivity index is 2.54. The fraction of sp³-hybridized carbons (Fsp3) is 1.00. The van der Waals surface area contributed by atoms with Gasteiger partial charge < -0.3 is 11.5 Å². The minimum absolute atomic E-state index is 0.0260. The summed E-state index contributed by atoms with van der Waals surface area (Å²) in [4.78, 5) is 0. The third-order valence-electron chi connectivity index (χ3n) is 2.93. The SMILES string of the molecule is CC[C@]1(C)C[C@@]1(N)CN. The molecule has 1 fully saturated rings. The van der Waals surface area contributed by atoms with E-state index in [4.69, 9.17) is 11.5 Å². The van der Waals surface area contributed by atoms with Crippen LogP contribution in [0.2, 0.25) is 0 Å². The molecular formula is C7H16N2. The first kappa shape index (κ1) is 7.03. The average Bonchev–Trinajstić information content (AvgIpc) is 2.39. The lowest BCUT2D eigenvalue weighted by Crippen LogP contribution is -2.37. The highest BCUT2D eigenvalue weighted by Gasteiger charge is 2.59. The summed E-state index contributed by atoms with van der Waals surface area (Å²) in [6.45, 7) is 5.02. The van der Waals surface area contributed by atoms with E-state index in [1.165, 1.54) is 0 Å². The molecule has 0 aromatic carbocycles. The van der Waals surface area contributed by atoms with Gasteiger partial charge in [0.15, 0.2) is 0 Å². The second-order valence-electron chi connectivity index (χ2n) is 3.45.